The van der Waals surface area contributed by atoms with Crippen molar-refractivity contribution < 1.29 is 52.7 Å². The molecular weight excluding hydrogens is 1610 g/mol. The van der Waals surface area contributed by atoms with Gasteiger partial charge in [-0.15, -0.1) is 0 Å². The zero-order valence-electron chi connectivity index (χ0n) is 69.6. The molecule has 8 aliphatic heterocycles. The highest BCUT2D eigenvalue weighted by Crippen LogP contribution is 2.48. The zero-order valence-corrected chi connectivity index (χ0v) is 71.2. The van der Waals surface area contributed by atoms with E-state index < -0.39 is 11.9 Å². The van der Waals surface area contributed by atoms with Gasteiger partial charge in [-0.2, -0.15) is 15.3 Å². The van der Waals surface area contributed by atoms with Crippen LogP contribution < -0.4 is 30.5 Å². The van der Waals surface area contributed by atoms with Crippen LogP contribution in [0.15, 0.2) is 152 Å². The summed E-state index contributed by atoms with van der Waals surface area (Å²) >= 11 is 3.12. The molecule has 21 rings (SSSR count). The van der Waals surface area contributed by atoms with Gasteiger partial charge in [0.25, 0.3) is 17.7 Å². The number of aromatic nitrogens is 6. The van der Waals surface area contributed by atoms with Gasteiger partial charge < -0.3 is 29.7 Å². The van der Waals surface area contributed by atoms with E-state index >= 15 is 0 Å². The van der Waals surface area contributed by atoms with E-state index in [9.17, 15) is 47.9 Å². The lowest BCUT2D eigenvalue weighted by Crippen LogP contribution is -2.53. The molecule has 122 heavy (non-hydrogen) atoms. The second-order valence-corrected chi connectivity index (χ2v) is 37.2. The Labute approximate surface area is 716 Å². The average Bonchev–Trinajstić information content (AvgIpc) is 1.58. The molecule has 10 aromatic rings. The van der Waals surface area contributed by atoms with Crippen LogP contribution >= 0.6 is 15.9 Å². The third-order valence-corrected chi connectivity index (χ3v) is 29.0. The molecule has 630 valence electrons. The fourth-order valence-corrected chi connectivity index (χ4v) is 20.6. The largest absolute Gasteiger partial charge is 0.497 e. The first-order chi connectivity index (χ1) is 59.0. The summed E-state index contributed by atoms with van der Waals surface area (Å²) in [4.78, 5) is 133. The van der Waals surface area contributed by atoms with Gasteiger partial charge in [0, 0.05) is 125 Å². The molecule has 3 aromatic heterocycles. The van der Waals surface area contributed by atoms with Crippen molar-refractivity contribution in [3.63, 3.8) is 0 Å². The summed E-state index contributed by atoms with van der Waals surface area (Å²) in [5, 5.41) is 27.6. The molecule has 11 heterocycles. The molecule has 0 radical (unpaired) electrons. The summed E-state index contributed by atoms with van der Waals surface area (Å²) < 4.78 is 11.2. The molecule has 3 aliphatic carbocycles. The molecule has 26 heteroatoms. The lowest BCUT2D eigenvalue weighted by molar-refractivity contribution is -0.147. The Morgan fingerprint density at radius 3 is 1.28 bits per heavy atom. The summed E-state index contributed by atoms with van der Waals surface area (Å²) in [6.07, 6.45) is 29.5. The number of alkyl halides is 1. The Kier molecular flexibility index (Phi) is 22.2. The maximum absolute atomic E-state index is 13.5. The fraction of sp³-hybridized carbons (Fsp3) is 0.427. The summed E-state index contributed by atoms with van der Waals surface area (Å²) in [5.41, 5.74) is 12.4. The van der Waals surface area contributed by atoms with Gasteiger partial charge in [0.05, 0.1) is 68.1 Å². The number of likely N-dealkylation sites (tertiary alicyclic amines) is 3. The van der Waals surface area contributed by atoms with Crippen molar-refractivity contribution in [1.82, 2.24) is 54.7 Å². The number of methoxy groups -OCH3 is 1. The number of carbonyl (C=O) groups is 10. The van der Waals surface area contributed by atoms with Crippen molar-refractivity contribution in [3.05, 3.63) is 208 Å². The second kappa shape index (κ2) is 33.3. The normalized spacial score (nSPS) is 20.7. The third kappa shape index (κ3) is 15.7. The molecule has 2 atom stereocenters. The van der Waals surface area contributed by atoms with Gasteiger partial charge in [-0.25, -0.2) is 0 Å². The molecule has 2 unspecified atom stereocenters. The van der Waals surface area contributed by atoms with Gasteiger partial charge in [0.2, 0.25) is 41.4 Å². The predicted octanol–water partition coefficient (Wildman–Crippen LogP) is 14.6. The minimum Gasteiger partial charge on any atom is -0.497 e. The number of rotatable bonds is 16. The van der Waals surface area contributed by atoms with Crippen molar-refractivity contribution in [3.8, 4) is 5.75 Å². The number of imide groups is 2. The van der Waals surface area contributed by atoms with E-state index in [-0.39, 0.29) is 62.9 Å². The standard InChI is InChI=1S/C34H36N4O3.C31H33N5O4.C26H28N4O2.C5H6BrNO2/c1-34(15-4-16-34)33(40)36-17-13-24(14-18-36)26-19-35-37(22-26)21-25-9-12-30-31-28(25)5-3-6-29(31)32(39)38(30)20-23-7-10-27(41-2)11-8-23;1-31(12-3-13-31)30(40)34-14-10-19(11-15-34)21-16-32-35(18-21)17-20-6-7-24-27-22(20)4-2-5-23(27)29(39)36(24)25-8-9-26(37)33-28(25)38;1-26(10-3-11-26)25(32)29-12-8-17(9-13-29)19-14-27-30(16-19)15-18-6-7-22-23-20(18)4-2-5-21(23)24(31)28-22;6-3-1-2-4(8)7-5(3)9/h3,5-12,19,22,24H,4,13-18,20-21H2,1-2H3;2,4-7,16,18-19,25H,3,8-15,17H2,1H3,(H,33,37,38);2,4-7,14,16-17H,3,8-13,15H2,1H3,(H,28,31);3H,1-2H2,(H,7,8,9). The second-order valence-electron chi connectivity index (χ2n) is 36.1. The summed E-state index contributed by atoms with van der Waals surface area (Å²) in [6.45, 7) is 13.7. The smallest absolute Gasteiger partial charge is 0.259 e. The predicted molar refractivity (Wildman–Crippen MR) is 467 cm³/mol. The van der Waals surface area contributed by atoms with Crippen molar-refractivity contribution in [2.24, 2.45) is 16.2 Å². The van der Waals surface area contributed by atoms with Crippen molar-refractivity contribution in [2.45, 2.75) is 198 Å². The summed E-state index contributed by atoms with van der Waals surface area (Å²) in [5.74, 6) is 1.81. The lowest BCUT2D eigenvalue weighted by atomic mass is 9.69. The van der Waals surface area contributed by atoms with Crippen LogP contribution in [0, 0.1) is 16.2 Å². The number of hydrogen-bond donors (Lipinski definition) is 3. The number of piperidine rings is 5. The van der Waals surface area contributed by atoms with Crippen LogP contribution in [0.3, 0.4) is 0 Å². The maximum atomic E-state index is 13.5. The Morgan fingerprint density at radius 2 is 0.852 bits per heavy atom. The first-order valence-corrected chi connectivity index (χ1v) is 44.4. The summed E-state index contributed by atoms with van der Waals surface area (Å²) in [7, 11) is 1.65. The van der Waals surface area contributed by atoms with E-state index in [0.717, 1.165) is 206 Å². The number of amides is 10. The Balaban J connectivity index is 0.000000119. The Bertz CT molecular complexity index is 5850. The molecule has 5 saturated heterocycles. The highest BCUT2D eigenvalue weighted by molar-refractivity contribution is 9.10. The van der Waals surface area contributed by atoms with Crippen LogP contribution in [0.25, 0.3) is 32.3 Å². The third-order valence-electron chi connectivity index (χ3n) is 28.1. The molecule has 11 aliphatic rings. The van der Waals surface area contributed by atoms with Crippen LogP contribution in [-0.2, 0) is 59.7 Å². The number of carbonyl (C=O) groups excluding carboxylic acids is 10. The summed E-state index contributed by atoms with van der Waals surface area (Å²) in [6, 6.07) is 37.0. The zero-order chi connectivity index (χ0) is 84.5. The van der Waals surface area contributed by atoms with E-state index in [2.05, 4.69) is 126 Å². The van der Waals surface area contributed by atoms with Crippen LogP contribution in [0.1, 0.15) is 231 Å². The van der Waals surface area contributed by atoms with Gasteiger partial charge in [-0.3, -0.25) is 77.5 Å². The fourth-order valence-electron chi connectivity index (χ4n) is 20.2. The molecule has 7 aromatic carbocycles. The molecule has 0 spiro atoms. The number of benzene rings is 7. The Morgan fingerprint density at radius 1 is 0.443 bits per heavy atom. The van der Waals surface area contributed by atoms with E-state index in [1.807, 2.05) is 116 Å². The molecule has 3 N–H and O–H groups in total. The van der Waals surface area contributed by atoms with Crippen molar-refractivity contribution in [1.29, 1.82) is 0 Å². The number of ether oxygens (including phenoxy) is 1. The lowest BCUT2D eigenvalue weighted by Gasteiger charge is -2.43. The van der Waals surface area contributed by atoms with E-state index in [1.165, 1.54) is 29.5 Å². The van der Waals surface area contributed by atoms with Crippen molar-refractivity contribution in [2.75, 3.05) is 61.5 Å². The molecular formula is C96H103BrN14O11. The first-order valence-electron chi connectivity index (χ1n) is 43.5. The monoisotopic (exact) mass is 1710 g/mol. The van der Waals surface area contributed by atoms with E-state index in [0.29, 0.717) is 92.2 Å². The minimum absolute atomic E-state index is 0.0275. The number of nitrogens with one attached hydrogen (secondary N) is 3. The van der Waals surface area contributed by atoms with Crippen LogP contribution in [0.2, 0.25) is 0 Å². The number of anilines is 3. The van der Waals surface area contributed by atoms with Crippen LogP contribution in [0.4, 0.5) is 17.1 Å². The van der Waals surface area contributed by atoms with Crippen LogP contribution in [-0.4, -0.2) is 160 Å². The van der Waals surface area contributed by atoms with Gasteiger partial charge >= 0.3 is 0 Å². The SMILES string of the molecule is CC1(C(=O)N2CCC(c3cnn(Cc4ccc5c6c(cccc46)C(=O)N5)c3)CC2)CCC1.CC1(C(=O)N2CCC(c3cnn(Cc4ccc5c6c(cccc46)C(=O)N5C4CCC(=O)NC4=O)c3)CC2)CCC1.COc1ccc(CN2C(=O)c3cccc4c(Cn5cc(C6CCN(C(=O)C7(C)CCC7)CC6)cn5)ccc2c34)cc1.O=C1CCC(Br)C(=O)N1. The molecule has 0 bridgehead atoms. The molecule has 10 amide bonds. The quantitative estimate of drug-likeness (QED) is 0.0599. The minimum atomic E-state index is -0.696. The van der Waals surface area contributed by atoms with Crippen LogP contribution in [0.5, 0.6) is 5.75 Å². The van der Waals surface area contributed by atoms with Crippen molar-refractivity contribution >= 4 is 124 Å². The Hall–Kier alpha value is -11.7. The topological polar surface area (TPSA) is 286 Å². The van der Waals surface area contributed by atoms with E-state index in [4.69, 9.17) is 9.84 Å². The van der Waals surface area contributed by atoms with Gasteiger partial charge in [-0.1, -0.05) is 123 Å². The highest BCUT2D eigenvalue weighted by Gasteiger charge is 2.47. The van der Waals surface area contributed by atoms with Gasteiger partial charge in [0.1, 0.15) is 11.8 Å². The molecule has 25 nitrogen and oxygen atoms in total. The number of nitrogens with zero attached hydrogens (tertiary/aromatic N) is 11. The molecule has 3 saturated carbocycles. The van der Waals surface area contributed by atoms with Gasteiger partial charge in [0.15, 0.2) is 0 Å². The number of hydrogen-bond acceptors (Lipinski definition) is 14. The highest BCUT2D eigenvalue weighted by atomic mass is 79.9. The van der Waals surface area contributed by atoms with Gasteiger partial charge in [-0.05, 0) is 211 Å². The first kappa shape index (κ1) is 81.3. The number of halogens is 1. The average molecular weight is 1710 g/mol. The van der Waals surface area contributed by atoms with E-state index in [1.54, 1.807) is 18.1 Å². The molecule has 8 fully saturated rings. The maximum Gasteiger partial charge on any atom is 0.259 e.